The van der Waals surface area contributed by atoms with Crippen molar-refractivity contribution in [2.45, 2.75) is 6.36 Å². The summed E-state index contributed by atoms with van der Waals surface area (Å²) in [6.45, 7) is 0. The molecule has 0 spiro atoms. The van der Waals surface area contributed by atoms with E-state index in [0.29, 0.717) is 10.8 Å². The van der Waals surface area contributed by atoms with Crippen LogP contribution < -0.4 is 4.70 Å². The van der Waals surface area contributed by atoms with Gasteiger partial charge in [0, 0.05) is 21.3 Å². The van der Waals surface area contributed by atoms with E-state index in [1.165, 1.54) is 16.2 Å². The van der Waals surface area contributed by atoms with Gasteiger partial charge < -0.3 is 8.75 Å². The van der Waals surface area contributed by atoms with Crippen LogP contribution in [0.25, 0.3) is 21.9 Å². The Hall–Kier alpha value is -1.71. The molecule has 0 fully saturated rings. The molecule has 0 saturated heterocycles. The van der Waals surface area contributed by atoms with Crippen molar-refractivity contribution in [2.24, 2.45) is 0 Å². The van der Waals surface area contributed by atoms with E-state index in [1.54, 1.807) is 36.4 Å². The van der Waals surface area contributed by atoms with Gasteiger partial charge in [-0.15, -0.1) is 0 Å². The summed E-state index contributed by atoms with van der Waals surface area (Å²) < 4.78 is 106. The number of para-hydroxylation sites is 2. The zero-order valence-corrected chi connectivity index (χ0v) is 14.7. The SMILES string of the molecule is FC(F)(F)[o+]1c2ccccc2c2ccccc21.FF.[F-].[F][Sb]([F])([F])([F])[F]. The summed E-state index contributed by atoms with van der Waals surface area (Å²) >= 11 is -9.19. The number of alkyl halides is 3. The number of benzene rings is 2. The number of hydrogen-bond donors (Lipinski definition) is 0. The Bertz CT molecular complexity index is 778. The van der Waals surface area contributed by atoms with Gasteiger partial charge in [-0.3, -0.25) is 0 Å². The molecule has 1 aromatic heterocycles. The van der Waals surface area contributed by atoms with E-state index < -0.39 is 26.7 Å². The first-order valence-corrected chi connectivity index (χ1v) is 10.9. The molecule has 1 heterocycles. The fourth-order valence-corrected chi connectivity index (χ4v) is 2.10. The molecule has 0 aliphatic rings. The maximum atomic E-state index is 13.0. The van der Waals surface area contributed by atoms with Gasteiger partial charge in [-0.25, -0.2) is 0 Å². The topological polar surface area (TPSA) is 2.70 Å². The average molecular weight is 511 g/mol. The Morgan fingerprint density at radius 3 is 1.19 bits per heavy atom. The van der Waals surface area contributed by atoms with Crippen LogP contribution in [0, 0.1) is 0 Å². The van der Waals surface area contributed by atoms with Crippen molar-refractivity contribution in [3.63, 3.8) is 0 Å². The fraction of sp³-hybridized carbons (Fsp3) is 0.0769. The van der Waals surface area contributed by atoms with Gasteiger partial charge in [-0.2, -0.15) is 0 Å². The standard InChI is InChI=1S/C13H8F3O.F2.6FH.Sb/c14-13(15,16)17-11-7-3-1-5-9(11)10-6-2-4-8-12(10)17;1-2;;;;;;;/h1-8H;;6*1H;/q+1;;;;;;;;+5/p-6. The van der Waals surface area contributed by atoms with Gasteiger partial charge in [0.25, 0.3) is 11.2 Å². The Kier molecular flexibility index (Phi) is 7.77. The van der Waals surface area contributed by atoms with Crippen LogP contribution in [-0.4, -0.2) is 20.3 Å². The summed E-state index contributed by atoms with van der Waals surface area (Å²) in [6, 6.07) is 12.9. The van der Waals surface area contributed by atoms with Crippen molar-refractivity contribution in [1.82, 2.24) is 0 Å². The zero-order valence-electron chi connectivity index (χ0n) is 12.1. The first kappa shape index (κ1) is 24.3. The van der Waals surface area contributed by atoms with Gasteiger partial charge in [0.2, 0.25) is 0 Å². The number of furan rings is 1. The molecule has 0 amide bonds. The molecule has 13 heteroatoms. The Labute approximate surface area is 142 Å². The number of rotatable bonds is 0. The summed E-state index contributed by atoms with van der Waals surface area (Å²) in [4.78, 5) is 0. The predicted molar refractivity (Wildman–Crippen MR) is 73.1 cm³/mol. The third-order valence-corrected chi connectivity index (χ3v) is 2.74. The van der Waals surface area contributed by atoms with E-state index in [4.69, 9.17) is 9.15 Å². The van der Waals surface area contributed by atoms with Crippen molar-refractivity contribution < 1.29 is 45.1 Å². The predicted octanol–water partition coefficient (Wildman–Crippen LogP) is 4.31. The van der Waals surface area contributed by atoms with Crippen molar-refractivity contribution >= 4 is 42.2 Å². The molecular weight excluding hydrogens is 503 g/mol. The van der Waals surface area contributed by atoms with Crippen LogP contribution in [0.2, 0.25) is 0 Å². The van der Waals surface area contributed by atoms with Gasteiger partial charge in [0.1, 0.15) is 0 Å². The summed E-state index contributed by atoms with van der Waals surface area (Å²) in [5.74, 6) is 0. The molecule has 0 aliphatic carbocycles. The van der Waals surface area contributed by atoms with Crippen molar-refractivity contribution in [3.05, 3.63) is 48.5 Å². The van der Waals surface area contributed by atoms with Crippen LogP contribution in [0.3, 0.4) is 0 Å². The van der Waals surface area contributed by atoms with Crippen molar-refractivity contribution in [2.75, 3.05) is 0 Å². The van der Waals surface area contributed by atoms with Crippen molar-refractivity contribution in [1.29, 1.82) is 0 Å². The Morgan fingerprint density at radius 2 is 0.923 bits per heavy atom. The second kappa shape index (κ2) is 8.32. The summed E-state index contributed by atoms with van der Waals surface area (Å²) in [5, 5.41) is 1.18. The van der Waals surface area contributed by atoms with Crippen LogP contribution in [0.4, 0.5) is 36.4 Å². The van der Waals surface area contributed by atoms with E-state index in [9.17, 15) is 27.2 Å². The van der Waals surface area contributed by atoms with Crippen molar-refractivity contribution in [3.8, 4) is 0 Å². The molecule has 148 valence electrons. The normalized spacial score (nSPS) is 12.8. The third-order valence-electron chi connectivity index (χ3n) is 2.74. The molecule has 0 unspecified atom stereocenters. The van der Waals surface area contributed by atoms with Crippen LogP contribution in [0.1, 0.15) is 0 Å². The summed E-state index contributed by atoms with van der Waals surface area (Å²) in [5.41, 5.74) is 0.224. The van der Waals surface area contributed by atoms with Gasteiger partial charge in [0.15, 0.2) is 0 Å². The molecule has 3 aromatic rings. The van der Waals surface area contributed by atoms with Crippen LogP contribution in [-0.2, 0) is 6.36 Å². The molecule has 1 nitrogen and oxygen atoms in total. The molecule has 3 rings (SSSR count). The Balaban J connectivity index is 0.000000601. The minimum atomic E-state index is -9.19. The van der Waals surface area contributed by atoms with E-state index in [0.717, 1.165) is 0 Å². The van der Waals surface area contributed by atoms with Gasteiger partial charge in [0.05, 0.1) is 10.8 Å². The molecule has 0 N–H and O–H groups in total. The summed E-state index contributed by atoms with van der Waals surface area (Å²) in [7, 11) is 0. The molecule has 0 aliphatic heterocycles. The van der Waals surface area contributed by atoms with E-state index in [2.05, 4.69) is 0 Å². The number of hydrogen-bond acceptors (Lipinski definition) is 0. The number of fused-ring (bicyclic) bond motifs is 3. The van der Waals surface area contributed by atoms with E-state index >= 15 is 0 Å². The molecule has 26 heavy (non-hydrogen) atoms. The van der Waals surface area contributed by atoms with Crippen LogP contribution >= 0.6 is 0 Å². The van der Waals surface area contributed by atoms with Gasteiger partial charge in [-0.05, 0) is 12.1 Å². The molecule has 0 radical (unpaired) electrons. The van der Waals surface area contributed by atoms with Crippen LogP contribution in [0.15, 0.2) is 52.6 Å². The number of halogens is 11. The molecule has 0 saturated carbocycles. The second-order valence-corrected chi connectivity index (χ2v) is 8.03. The van der Waals surface area contributed by atoms with Gasteiger partial charge in [-0.1, -0.05) is 37.4 Å². The van der Waals surface area contributed by atoms with E-state index in [1.807, 2.05) is 0 Å². The minimum absolute atomic E-state index is 0. The van der Waals surface area contributed by atoms with Gasteiger partial charge >= 0.3 is 40.7 Å². The first-order valence-electron chi connectivity index (χ1n) is 6.07. The monoisotopic (exact) mass is 510 g/mol. The third kappa shape index (κ3) is 6.89. The molecular formula is C13H8F11OSb. The first-order chi connectivity index (χ1) is 11.3. The quantitative estimate of drug-likeness (QED) is 0.241. The van der Waals surface area contributed by atoms with Crippen LogP contribution in [0.5, 0.6) is 0 Å². The maximum absolute atomic E-state index is 13.0. The Morgan fingerprint density at radius 1 is 0.654 bits per heavy atom. The average Bonchev–Trinajstić information content (AvgIpc) is 2.81. The summed E-state index contributed by atoms with van der Waals surface area (Å²) in [6.07, 6.45) is -4.48. The molecule has 0 atom stereocenters. The van der Waals surface area contributed by atoms with E-state index in [-0.39, 0.29) is 15.9 Å². The molecule has 0 bridgehead atoms. The second-order valence-electron chi connectivity index (χ2n) is 4.38. The fourth-order valence-electron chi connectivity index (χ4n) is 2.10. The molecule has 2 aromatic carbocycles. The zero-order chi connectivity index (χ0) is 19.5.